The number of likely N-dealkylation sites (N-methyl/N-ethyl adjacent to an activating group) is 1. The number of fused-ring (bicyclic) bond motifs is 2. The van der Waals surface area contributed by atoms with E-state index < -0.39 is 0 Å². The van der Waals surface area contributed by atoms with Crippen molar-refractivity contribution in [2.75, 3.05) is 31.6 Å². The highest BCUT2D eigenvalue weighted by Crippen LogP contribution is 2.32. The molecule has 23 heavy (non-hydrogen) atoms. The van der Waals surface area contributed by atoms with Crippen molar-refractivity contribution in [3.63, 3.8) is 0 Å². The van der Waals surface area contributed by atoms with Crippen LogP contribution in [0.25, 0.3) is 0 Å². The van der Waals surface area contributed by atoms with Crippen molar-refractivity contribution < 1.29 is 9.13 Å². The summed E-state index contributed by atoms with van der Waals surface area (Å²) in [4.78, 5) is 9.16. The Bertz CT molecular complexity index is 689. The monoisotopic (exact) mass is 313 g/mol. The molecule has 2 saturated heterocycles. The van der Waals surface area contributed by atoms with E-state index in [4.69, 9.17) is 4.74 Å². The van der Waals surface area contributed by atoms with Crippen LogP contribution in [0.3, 0.4) is 0 Å². The molecule has 0 spiro atoms. The molecule has 120 valence electrons. The average molecular weight is 313 g/mol. The number of halogens is 1. The number of aromatic nitrogens is 1. The molecule has 2 unspecified atom stereocenters. The molecule has 5 heteroatoms. The number of piperidine rings is 1. The molecule has 0 radical (unpaired) electrons. The van der Waals surface area contributed by atoms with Gasteiger partial charge in [-0.05, 0) is 43.7 Å². The molecule has 2 bridgehead atoms. The molecule has 4 rings (SSSR count). The van der Waals surface area contributed by atoms with Gasteiger partial charge in [-0.2, -0.15) is 0 Å². The van der Waals surface area contributed by atoms with Gasteiger partial charge in [-0.3, -0.25) is 4.98 Å². The number of nitrogens with zero attached hydrogens (tertiary/aromatic N) is 3. The van der Waals surface area contributed by atoms with E-state index in [1.165, 1.54) is 25.1 Å². The predicted molar refractivity (Wildman–Crippen MR) is 87.4 cm³/mol. The van der Waals surface area contributed by atoms with Gasteiger partial charge < -0.3 is 14.5 Å². The van der Waals surface area contributed by atoms with Gasteiger partial charge in [0.25, 0.3) is 0 Å². The number of benzene rings is 1. The maximum absolute atomic E-state index is 13.0. The normalized spacial score (nSPS) is 24.0. The van der Waals surface area contributed by atoms with Crippen LogP contribution in [0.4, 0.5) is 10.1 Å². The minimum Gasteiger partial charge on any atom is -0.456 e. The first-order valence-corrected chi connectivity index (χ1v) is 8.01. The summed E-state index contributed by atoms with van der Waals surface area (Å²) < 4.78 is 18.8. The average Bonchev–Trinajstić information content (AvgIpc) is 2.82. The Hall–Kier alpha value is -2.14. The molecular formula is C18H20FN3O. The van der Waals surface area contributed by atoms with Crippen molar-refractivity contribution >= 4 is 5.69 Å². The second kappa shape index (κ2) is 5.81. The van der Waals surface area contributed by atoms with Crippen LogP contribution in [-0.4, -0.2) is 42.6 Å². The number of likely N-dealkylation sites (tertiary alicyclic amines) is 1. The van der Waals surface area contributed by atoms with E-state index in [9.17, 15) is 4.39 Å². The lowest BCUT2D eigenvalue weighted by Gasteiger charge is -2.33. The summed E-state index contributed by atoms with van der Waals surface area (Å²) >= 11 is 0. The Labute approximate surface area is 135 Å². The van der Waals surface area contributed by atoms with Gasteiger partial charge in [0.15, 0.2) is 0 Å². The van der Waals surface area contributed by atoms with Gasteiger partial charge in [0.1, 0.15) is 17.3 Å². The summed E-state index contributed by atoms with van der Waals surface area (Å²) in [5, 5.41) is 0. The van der Waals surface area contributed by atoms with Gasteiger partial charge in [0.05, 0.1) is 18.1 Å². The number of pyridine rings is 1. The number of anilines is 1. The standard InChI is InChI=1S/C18H20FN3O/c1-21-10-13-6-16(21)12-22(11-13)15-7-18(9-20-8-15)23-17-4-2-14(19)3-5-17/h2-5,7-9,13,16H,6,10-12H2,1H3. The zero-order valence-electron chi connectivity index (χ0n) is 13.2. The molecule has 0 saturated carbocycles. The Morgan fingerprint density at radius 3 is 2.70 bits per heavy atom. The SMILES string of the molecule is CN1CC2CC1CN(c1cncc(Oc3ccc(F)cc3)c1)C2. The van der Waals surface area contributed by atoms with Gasteiger partial charge in [0, 0.05) is 31.7 Å². The number of hydrogen-bond acceptors (Lipinski definition) is 4. The van der Waals surface area contributed by atoms with Crippen molar-refractivity contribution in [1.29, 1.82) is 0 Å². The summed E-state index contributed by atoms with van der Waals surface area (Å²) in [6.07, 6.45) is 4.88. The topological polar surface area (TPSA) is 28.6 Å². The van der Waals surface area contributed by atoms with E-state index in [-0.39, 0.29) is 5.82 Å². The Morgan fingerprint density at radius 1 is 1.09 bits per heavy atom. The smallest absolute Gasteiger partial charge is 0.147 e. The lowest BCUT2D eigenvalue weighted by Crippen LogP contribution is -2.41. The maximum Gasteiger partial charge on any atom is 0.147 e. The molecule has 0 aliphatic carbocycles. The zero-order valence-corrected chi connectivity index (χ0v) is 13.2. The first kappa shape index (κ1) is 14.5. The molecule has 2 atom stereocenters. The molecule has 1 aromatic heterocycles. The molecule has 2 aliphatic rings. The zero-order chi connectivity index (χ0) is 15.8. The summed E-state index contributed by atoms with van der Waals surface area (Å²) in [7, 11) is 2.21. The van der Waals surface area contributed by atoms with Gasteiger partial charge in [-0.15, -0.1) is 0 Å². The van der Waals surface area contributed by atoms with Crippen LogP contribution in [0.2, 0.25) is 0 Å². The van der Waals surface area contributed by atoms with E-state index >= 15 is 0 Å². The number of rotatable bonds is 3. The third-order valence-electron chi connectivity index (χ3n) is 4.80. The Kier molecular flexibility index (Phi) is 3.65. The molecule has 2 aromatic rings. The molecule has 1 aromatic carbocycles. The van der Waals surface area contributed by atoms with E-state index in [0.717, 1.165) is 24.7 Å². The minimum atomic E-state index is -0.267. The third kappa shape index (κ3) is 3.01. The van der Waals surface area contributed by atoms with Crippen LogP contribution in [0.5, 0.6) is 11.5 Å². The highest BCUT2D eigenvalue weighted by atomic mass is 19.1. The molecule has 0 amide bonds. The lowest BCUT2D eigenvalue weighted by molar-refractivity contribution is 0.317. The van der Waals surface area contributed by atoms with E-state index in [0.29, 0.717) is 17.5 Å². The molecule has 4 nitrogen and oxygen atoms in total. The molecule has 0 N–H and O–H groups in total. The van der Waals surface area contributed by atoms with Crippen molar-refractivity contribution in [1.82, 2.24) is 9.88 Å². The van der Waals surface area contributed by atoms with Crippen LogP contribution < -0.4 is 9.64 Å². The van der Waals surface area contributed by atoms with Gasteiger partial charge in [0.2, 0.25) is 0 Å². The van der Waals surface area contributed by atoms with Crippen LogP contribution in [0, 0.1) is 11.7 Å². The first-order chi connectivity index (χ1) is 11.2. The molecular weight excluding hydrogens is 293 g/mol. The predicted octanol–water partition coefficient (Wildman–Crippen LogP) is 3.15. The Morgan fingerprint density at radius 2 is 1.91 bits per heavy atom. The Balaban J connectivity index is 1.51. The fraction of sp³-hybridized carbons (Fsp3) is 0.389. The third-order valence-corrected chi connectivity index (χ3v) is 4.80. The summed E-state index contributed by atoms with van der Waals surface area (Å²) in [5.74, 6) is 1.77. The summed E-state index contributed by atoms with van der Waals surface area (Å²) in [6, 6.07) is 8.68. The molecule has 2 aliphatic heterocycles. The van der Waals surface area contributed by atoms with Crippen LogP contribution in [0.15, 0.2) is 42.7 Å². The van der Waals surface area contributed by atoms with Crippen molar-refractivity contribution in [2.24, 2.45) is 5.92 Å². The fourth-order valence-electron chi connectivity index (χ4n) is 3.67. The fourth-order valence-corrected chi connectivity index (χ4v) is 3.67. The van der Waals surface area contributed by atoms with Gasteiger partial charge >= 0.3 is 0 Å². The van der Waals surface area contributed by atoms with E-state index in [1.807, 2.05) is 12.3 Å². The minimum absolute atomic E-state index is 0.267. The maximum atomic E-state index is 13.0. The first-order valence-electron chi connectivity index (χ1n) is 8.01. The lowest BCUT2D eigenvalue weighted by atomic mass is 9.99. The second-order valence-electron chi connectivity index (χ2n) is 6.53. The summed E-state index contributed by atoms with van der Waals surface area (Å²) in [6.45, 7) is 3.29. The van der Waals surface area contributed by atoms with Crippen molar-refractivity contribution in [3.8, 4) is 11.5 Å². The molecule has 3 heterocycles. The van der Waals surface area contributed by atoms with Gasteiger partial charge in [-0.25, -0.2) is 4.39 Å². The number of ether oxygens (including phenoxy) is 1. The highest BCUT2D eigenvalue weighted by molar-refractivity contribution is 5.50. The van der Waals surface area contributed by atoms with Crippen LogP contribution in [-0.2, 0) is 0 Å². The number of hydrogen-bond donors (Lipinski definition) is 0. The largest absolute Gasteiger partial charge is 0.456 e. The van der Waals surface area contributed by atoms with Crippen molar-refractivity contribution in [3.05, 3.63) is 48.5 Å². The summed E-state index contributed by atoms with van der Waals surface area (Å²) in [5.41, 5.74) is 1.09. The van der Waals surface area contributed by atoms with Crippen LogP contribution in [0.1, 0.15) is 6.42 Å². The second-order valence-corrected chi connectivity index (χ2v) is 6.53. The quantitative estimate of drug-likeness (QED) is 0.870. The van der Waals surface area contributed by atoms with Crippen molar-refractivity contribution in [2.45, 2.75) is 12.5 Å². The highest BCUT2D eigenvalue weighted by Gasteiger charge is 2.36. The molecule has 2 fully saturated rings. The van der Waals surface area contributed by atoms with E-state index in [2.05, 4.69) is 21.8 Å². The van der Waals surface area contributed by atoms with E-state index in [1.54, 1.807) is 18.3 Å². The van der Waals surface area contributed by atoms with Gasteiger partial charge in [-0.1, -0.05) is 0 Å². The van der Waals surface area contributed by atoms with Crippen LogP contribution >= 0.6 is 0 Å².